The summed E-state index contributed by atoms with van der Waals surface area (Å²) in [5, 5.41) is 3.91. The van der Waals surface area contributed by atoms with Crippen LogP contribution in [0.25, 0.3) is 21.9 Å². The normalized spacial score (nSPS) is 11.7. The van der Waals surface area contributed by atoms with Crippen molar-refractivity contribution >= 4 is 39.6 Å². The second-order valence-electron chi connectivity index (χ2n) is 6.94. The SMILES string of the molecule is CNC(=O)c1ccc2c(c1)c1c(N)ncnc1n2CC(=O)OC(C)(C)C. The van der Waals surface area contributed by atoms with Crippen molar-refractivity contribution in [2.24, 2.45) is 0 Å². The summed E-state index contributed by atoms with van der Waals surface area (Å²) in [7, 11) is 1.57. The summed E-state index contributed by atoms with van der Waals surface area (Å²) in [6.07, 6.45) is 1.35. The van der Waals surface area contributed by atoms with Crippen LogP contribution in [0.15, 0.2) is 24.5 Å². The maximum Gasteiger partial charge on any atom is 0.326 e. The van der Waals surface area contributed by atoms with Gasteiger partial charge in [-0.15, -0.1) is 0 Å². The summed E-state index contributed by atoms with van der Waals surface area (Å²) in [6, 6.07) is 5.18. The van der Waals surface area contributed by atoms with Gasteiger partial charge in [0, 0.05) is 18.0 Å². The van der Waals surface area contributed by atoms with Crippen LogP contribution in [0.5, 0.6) is 0 Å². The van der Waals surface area contributed by atoms with Crippen LogP contribution in [0.2, 0.25) is 0 Å². The van der Waals surface area contributed by atoms with Gasteiger partial charge in [-0.25, -0.2) is 9.97 Å². The molecule has 0 fully saturated rings. The molecule has 8 nitrogen and oxygen atoms in total. The Morgan fingerprint density at radius 3 is 2.65 bits per heavy atom. The predicted molar refractivity (Wildman–Crippen MR) is 98.7 cm³/mol. The van der Waals surface area contributed by atoms with Crippen LogP contribution in [-0.4, -0.2) is 39.1 Å². The van der Waals surface area contributed by atoms with Crippen molar-refractivity contribution in [3.05, 3.63) is 30.1 Å². The topological polar surface area (TPSA) is 112 Å². The van der Waals surface area contributed by atoms with Crippen LogP contribution in [0.4, 0.5) is 5.82 Å². The highest BCUT2D eigenvalue weighted by Crippen LogP contribution is 2.31. The first-order valence-electron chi connectivity index (χ1n) is 8.17. The van der Waals surface area contributed by atoms with Gasteiger partial charge in [-0.3, -0.25) is 9.59 Å². The van der Waals surface area contributed by atoms with Gasteiger partial charge in [-0.1, -0.05) is 0 Å². The van der Waals surface area contributed by atoms with E-state index in [0.717, 1.165) is 5.52 Å². The molecular weight excluding hydrogens is 334 g/mol. The zero-order chi connectivity index (χ0) is 19.1. The van der Waals surface area contributed by atoms with E-state index in [1.54, 1.807) is 29.8 Å². The molecule has 0 saturated heterocycles. The molecular formula is C18H21N5O3. The highest BCUT2D eigenvalue weighted by Gasteiger charge is 2.21. The molecule has 0 atom stereocenters. The number of nitrogens with zero attached hydrogens (tertiary/aromatic N) is 3. The van der Waals surface area contributed by atoms with Gasteiger partial charge < -0.3 is 20.4 Å². The monoisotopic (exact) mass is 355 g/mol. The predicted octanol–water partition coefficient (Wildman–Crippen LogP) is 1.87. The van der Waals surface area contributed by atoms with Gasteiger partial charge in [0.05, 0.1) is 10.9 Å². The Morgan fingerprint density at radius 1 is 1.27 bits per heavy atom. The molecule has 0 aliphatic carbocycles. The van der Waals surface area contributed by atoms with E-state index in [0.29, 0.717) is 22.0 Å². The fourth-order valence-corrected chi connectivity index (χ4v) is 2.89. The molecule has 0 saturated carbocycles. The van der Waals surface area contributed by atoms with Crippen LogP contribution < -0.4 is 11.1 Å². The van der Waals surface area contributed by atoms with Gasteiger partial charge in [-0.05, 0) is 39.0 Å². The summed E-state index contributed by atoms with van der Waals surface area (Å²) in [5.74, 6) is -0.309. The van der Waals surface area contributed by atoms with E-state index in [9.17, 15) is 9.59 Å². The number of benzene rings is 1. The minimum Gasteiger partial charge on any atom is -0.459 e. The number of hydrogen-bond acceptors (Lipinski definition) is 6. The van der Waals surface area contributed by atoms with Crippen LogP contribution in [0.1, 0.15) is 31.1 Å². The Kier molecular flexibility index (Phi) is 4.27. The number of anilines is 1. The molecule has 2 aromatic heterocycles. The van der Waals surface area contributed by atoms with Crippen molar-refractivity contribution in [2.45, 2.75) is 32.9 Å². The zero-order valence-corrected chi connectivity index (χ0v) is 15.2. The lowest BCUT2D eigenvalue weighted by atomic mass is 10.1. The van der Waals surface area contributed by atoms with E-state index >= 15 is 0 Å². The number of aromatic nitrogens is 3. The standard InChI is InChI=1S/C18H21N5O3/c1-18(2,3)26-13(24)8-23-12-6-5-10(17(25)20-4)7-11(12)14-15(19)21-9-22-16(14)23/h5-7,9H,8H2,1-4H3,(H,20,25)(H2,19,21,22). The molecule has 0 unspecified atom stereocenters. The summed E-state index contributed by atoms with van der Waals surface area (Å²) < 4.78 is 7.15. The fourth-order valence-electron chi connectivity index (χ4n) is 2.89. The van der Waals surface area contributed by atoms with Crippen molar-refractivity contribution < 1.29 is 14.3 Å². The van der Waals surface area contributed by atoms with Crippen molar-refractivity contribution in [3.63, 3.8) is 0 Å². The Hall–Kier alpha value is -3.16. The summed E-state index contributed by atoms with van der Waals surface area (Å²) in [5.41, 5.74) is 7.19. The lowest BCUT2D eigenvalue weighted by Crippen LogP contribution is -2.26. The molecule has 26 heavy (non-hydrogen) atoms. The third-order valence-electron chi connectivity index (χ3n) is 3.87. The van der Waals surface area contributed by atoms with Gasteiger partial charge in [0.1, 0.15) is 29.9 Å². The molecule has 1 amide bonds. The molecule has 2 heterocycles. The number of esters is 1. The Bertz CT molecular complexity index is 1020. The molecule has 3 aromatic rings. The first-order valence-corrected chi connectivity index (χ1v) is 8.17. The van der Waals surface area contributed by atoms with Crippen molar-refractivity contribution in [2.75, 3.05) is 12.8 Å². The van der Waals surface area contributed by atoms with Crippen molar-refractivity contribution in [1.29, 1.82) is 0 Å². The number of ether oxygens (including phenoxy) is 1. The van der Waals surface area contributed by atoms with E-state index < -0.39 is 5.60 Å². The van der Waals surface area contributed by atoms with Gasteiger partial charge >= 0.3 is 5.97 Å². The van der Waals surface area contributed by atoms with Crippen molar-refractivity contribution in [1.82, 2.24) is 19.9 Å². The third kappa shape index (κ3) is 3.17. The highest BCUT2D eigenvalue weighted by molar-refractivity contribution is 6.13. The van der Waals surface area contributed by atoms with Gasteiger partial charge in [0.15, 0.2) is 0 Å². The van der Waals surface area contributed by atoms with E-state index in [1.165, 1.54) is 6.33 Å². The first-order chi connectivity index (χ1) is 12.2. The molecule has 0 radical (unpaired) electrons. The van der Waals surface area contributed by atoms with E-state index in [2.05, 4.69) is 15.3 Å². The molecule has 3 N–H and O–H groups in total. The first kappa shape index (κ1) is 17.7. The Labute approximate surface area is 150 Å². The maximum atomic E-state index is 12.3. The summed E-state index contributed by atoms with van der Waals surface area (Å²) >= 11 is 0. The minimum absolute atomic E-state index is 0.0208. The zero-order valence-electron chi connectivity index (χ0n) is 15.2. The number of nitrogens with one attached hydrogen (secondary N) is 1. The van der Waals surface area contributed by atoms with E-state index in [-0.39, 0.29) is 24.2 Å². The van der Waals surface area contributed by atoms with Crippen molar-refractivity contribution in [3.8, 4) is 0 Å². The average molecular weight is 355 g/mol. The largest absolute Gasteiger partial charge is 0.459 e. The lowest BCUT2D eigenvalue weighted by Gasteiger charge is -2.20. The van der Waals surface area contributed by atoms with E-state index in [4.69, 9.17) is 10.5 Å². The Balaban J connectivity index is 2.20. The smallest absolute Gasteiger partial charge is 0.326 e. The summed E-state index contributed by atoms with van der Waals surface area (Å²) in [6.45, 7) is 5.42. The van der Waals surface area contributed by atoms with Crippen LogP contribution in [-0.2, 0) is 16.1 Å². The molecule has 0 spiro atoms. The highest BCUT2D eigenvalue weighted by atomic mass is 16.6. The van der Waals surface area contributed by atoms with E-state index in [1.807, 2.05) is 20.8 Å². The number of carbonyl (C=O) groups excluding carboxylic acids is 2. The number of rotatable bonds is 3. The molecule has 0 aliphatic rings. The van der Waals surface area contributed by atoms with Gasteiger partial charge in [0.2, 0.25) is 0 Å². The molecule has 136 valence electrons. The Morgan fingerprint density at radius 2 is 2.00 bits per heavy atom. The molecule has 0 aliphatic heterocycles. The summed E-state index contributed by atoms with van der Waals surface area (Å²) in [4.78, 5) is 32.6. The van der Waals surface area contributed by atoms with Gasteiger partial charge in [0.25, 0.3) is 5.91 Å². The fraction of sp³-hybridized carbons (Fsp3) is 0.333. The number of fused-ring (bicyclic) bond motifs is 3. The quantitative estimate of drug-likeness (QED) is 0.694. The number of hydrogen-bond donors (Lipinski definition) is 2. The molecule has 3 rings (SSSR count). The average Bonchev–Trinajstić information content (AvgIpc) is 2.87. The number of carbonyl (C=O) groups is 2. The molecule has 0 bridgehead atoms. The second-order valence-corrected chi connectivity index (χ2v) is 6.94. The van der Waals surface area contributed by atoms with Crippen LogP contribution in [0.3, 0.4) is 0 Å². The number of nitrogens with two attached hydrogens (primary N) is 1. The minimum atomic E-state index is -0.587. The number of amides is 1. The number of nitrogen functional groups attached to an aromatic ring is 1. The molecule has 8 heteroatoms. The third-order valence-corrected chi connectivity index (χ3v) is 3.87. The second kappa shape index (κ2) is 6.29. The van der Waals surface area contributed by atoms with Crippen LogP contribution >= 0.6 is 0 Å². The lowest BCUT2D eigenvalue weighted by molar-refractivity contribution is -0.155. The van der Waals surface area contributed by atoms with Gasteiger partial charge in [-0.2, -0.15) is 0 Å². The maximum absolute atomic E-state index is 12.3. The van der Waals surface area contributed by atoms with Crippen LogP contribution in [0, 0.1) is 0 Å². The molecule has 1 aromatic carbocycles.